The van der Waals surface area contributed by atoms with E-state index in [4.69, 9.17) is 29.4 Å². The highest BCUT2D eigenvalue weighted by Crippen LogP contribution is 2.42. The summed E-state index contributed by atoms with van der Waals surface area (Å²) in [6, 6.07) is 13.6. The Kier molecular flexibility index (Phi) is 7.13. The standard InChI is InChI=1S/C24H30N2O5/c1-24(15-25,16-12-20(27-2)23(29-4)21(13-16)28-3)11-7-8-17(26)14-22-30-18-9-5-6-10-19(18)31-22/h5-6,9-10,12-13,17,22H,7-8,11,14,26H2,1-4H3. The van der Waals surface area contributed by atoms with Crippen molar-refractivity contribution in [2.45, 2.75) is 50.4 Å². The molecular formula is C24H30N2O5. The van der Waals surface area contributed by atoms with Crippen molar-refractivity contribution in [2.24, 2.45) is 5.73 Å². The van der Waals surface area contributed by atoms with Gasteiger partial charge in [0.2, 0.25) is 12.0 Å². The molecule has 0 spiro atoms. The Morgan fingerprint density at radius 1 is 1.06 bits per heavy atom. The van der Waals surface area contributed by atoms with Crippen molar-refractivity contribution in [2.75, 3.05) is 21.3 Å². The number of methoxy groups -OCH3 is 3. The van der Waals surface area contributed by atoms with Crippen LogP contribution in [0.2, 0.25) is 0 Å². The molecule has 166 valence electrons. The largest absolute Gasteiger partial charge is 0.493 e. The molecule has 1 heterocycles. The summed E-state index contributed by atoms with van der Waals surface area (Å²) in [4.78, 5) is 0. The van der Waals surface area contributed by atoms with Crippen molar-refractivity contribution in [1.29, 1.82) is 5.26 Å². The summed E-state index contributed by atoms with van der Waals surface area (Å²) < 4.78 is 27.9. The minimum atomic E-state index is -0.719. The SMILES string of the molecule is COc1cc(C(C)(C#N)CCCC(N)CC2Oc3ccccc3O2)cc(OC)c1OC. The maximum absolute atomic E-state index is 9.95. The molecule has 2 unspecified atom stereocenters. The lowest BCUT2D eigenvalue weighted by molar-refractivity contribution is 0.0350. The third-order valence-corrected chi connectivity index (χ3v) is 5.66. The lowest BCUT2D eigenvalue weighted by atomic mass is 9.79. The van der Waals surface area contributed by atoms with Gasteiger partial charge in [-0.2, -0.15) is 5.26 Å². The van der Waals surface area contributed by atoms with Crippen LogP contribution in [0.25, 0.3) is 0 Å². The maximum atomic E-state index is 9.95. The molecule has 1 aliphatic heterocycles. The molecular weight excluding hydrogens is 396 g/mol. The molecule has 0 aromatic heterocycles. The number of nitriles is 1. The first kappa shape index (κ1) is 22.6. The molecule has 2 atom stereocenters. The van der Waals surface area contributed by atoms with Crippen LogP contribution in [0.1, 0.15) is 38.2 Å². The van der Waals surface area contributed by atoms with Gasteiger partial charge in [0.1, 0.15) is 0 Å². The minimum Gasteiger partial charge on any atom is -0.493 e. The van der Waals surface area contributed by atoms with Crippen LogP contribution in [0.3, 0.4) is 0 Å². The van der Waals surface area contributed by atoms with Gasteiger partial charge in [0.25, 0.3) is 0 Å². The molecule has 0 aliphatic carbocycles. The van der Waals surface area contributed by atoms with Gasteiger partial charge < -0.3 is 29.4 Å². The van der Waals surface area contributed by atoms with E-state index in [0.717, 1.165) is 29.9 Å². The number of hydrogen-bond acceptors (Lipinski definition) is 7. The molecule has 0 radical (unpaired) electrons. The summed E-state index contributed by atoms with van der Waals surface area (Å²) in [6.07, 6.45) is 2.39. The smallest absolute Gasteiger partial charge is 0.243 e. The van der Waals surface area contributed by atoms with Gasteiger partial charge in [-0.3, -0.25) is 0 Å². The van der Waals surface area contributed by atoms with Crippen LogP contribution in [0.4, 0.5) is 0 Å². The highest BCUT2D eigenvalue weighted by Gasteiger charge is 2.30. The maximum Gasteiger partial charge on any atom is 0.243 e. The van der Waals surface area contributed by atoms with Crippen molar-refractivity contribution in [1.82, 2.24) is 0 Å². The van der Waals surface area contributed by atoms with Gasteiger partial charge in [-0.25, -0.2) is 0 Å². The summed E-state index contributed by atoms with van der Waals surface area (Å²) in [7, 11) is 4.69. The first-order valence-electron chi connectivity index (χ1n) is 10.3. The fraction of sp³-hybridized carbons (Fsp3) is 0.458. The fourth-order valence-electron chi connectivity index (χ4n) is 3.80. The van der Waals surface area contributed by atoms with Crippen LogP contribution in [0, 0.1) is 11.3 Å². The first-order chi connectivity index (χ1) is 14.9. The molecule has 3 rings (SSSR count). The molecule has 0 fully saturated rings. The minimum absolute atomic E-state index is 0.0952. The molecule has 0 saturated carbocycles. The van der Waals surface area contributed by atoms with Crippen molar-refractivity contribution in [3.05, 3.63) is 42.0 Å². The predicted octanol–water partition coefficient (Wildman–Crippen LogP) is 4.18. The van der Waals surface area contributed by atoms with Crippen molar-refractivity contribution >= 4 is 0 Å². The summed E-state index contributed by atoms with van der Waals surface area (Å²) in [5.74, 6) is 3.07. The van der Waals surface area contributed by atoms with Crippen LogP contribution in [-0.4, -0.2) is 33.7 Å². The fourth-order valence-corrected chi connectivity index (χ4v) is 3.80. The van der Waals surface area contributed by atoms with Gasteiger partial charge in [-0.05, 0) is 56.0 Å². The van der Waals surface area contributed by atoms with Gasteiger partial charge in [-0.15, -0.1) is 0 Å². The Morgan fingerprint density at radius 3 is 2.13 bits per heavy atom. The Morgan fingerprint density at radius 2 is 1.65 bits per heavy atom. The highest BCUT2D eigenvalue weighted by molar-refractivity contribution is 5.56. The van der Waals surface area contributed by atoms with Gasteiger partial charge >= 0.3 is 0 Å². The lowest BCUT2D eigenvalue weighted by Crippen LogP contribution is -2.31. The number of fused-ring (bicyclic) bond motifs is 1. The number of nitrogens with zero attached hydrogens (tertiary/aromatic N) is 1. The molecule has 1 aliphatic rings. The number of hydrogen-bond donors (Lipinski definition) is 1. The van der Waals surface area contributed by atoms with Crippen LogP contribution in [0.5, 0.6) is 28.7 Å². The monoisotopic (exact) mass is 426 g/mol. The molecule has 7 nitrogen and oxygen atoms in total. The van der Waals surface area contributed by atoms with E-state index in [1.165, 1.54) is 0 Å². The molecule has 0 amide bonds. The Labute approximate surface area is 183 Å². The van der Waals surface area contributed by atoms with E-state index in [9.17, 15) is 5.26 Å². The molecule has 2 aromatic carbocycles. The second kappa shape index (κ2) is 9.80. The number of para-hydroxylation sites is 2. The average Bonchev–Trinajstić information content (AvgIpc) is 3.19. The second-order valence-electron chi connectivity index (χ2n) is 7.86. The average molecular weight is 427 g/mol. The van der Waals surface area contributed by atoms with Gasteiger partial charge in [0.05, 0.1) is 32.8 Å². The third kappa shape index (κ3) is 4.97. The second-order valence-corrected chi connectivity index (χ2v) is 7.86. The van der Waals surface area contributed by atoms with Crippen molar-refractivity contribution < 1.29 is 23.7 Å². The van der Waals surface area contributed by atoms with Crippen molar-refractivity contribution in [3.8, 4) is 34.8 Å². The normalized spacial score (nSPS) is 15.6. The molecule has 0 bridgehead atoms. The summed E-state index contributed by atoms with van der Waals surface area (Å²) >= 11 is 0. The van der Waals surface area contributed by atoms with Gasteiger partial charge in [0, 0.05) is 12.5 Å². The van der Waals surface area contributed by atoms with Crippen molar-refractivity contribution in [3.63, 3.8) is 0 Å². The molecule has 31 heavy (non-hydrogen) atoms. The molecule has 2 N–H and O–H groups in total. The van der Waals surface area contributed by atoms with E-state index >= 15 is 0 Å². The first-order valence-corrected chi connectivity index (χ1v) is 10.3. The highest BCUT2D eigenvalue weighted by atomic mass is 16.7. The van der Waals surface area contributed by atoms with Gasteiger partial charge in [0.15, 0.2) is 23.0 Å². The number of ether oxygens (including phenoxy) is 5. The summed E-state index contributed by atoms with van der Waals surface area (Å²) in [6.45, 7) is 1.92. The van der Waals surface area contributed by atoms with Crippen LogP contribution in [-0.2, 0) is 5.41 Å². The van der Waals surface area contributed by atoms with Gasteiger partial charge in [-0.1, -0.05) is 12.1 Å². The van der Waals surface area contributed by atoms with E-state index in [0.29, 0.717) is 30.1 Å². The Balaban J connectivity index is 1.60. The summed E-state index contributed by atoms with van der Waals surface area (Å²) in [5, 5.41) is 9.95. The Bertz CT molecular complexity index is 892. The number of rotatable bonds is 10. The number of benzene rings is 2. The zero-order valence-corrected chi connectivity index (χ0v) is 18.5. The molecule has 0 saturated heterocycles. The molecule has 7 heteroatoms. The van der Waals surface area contributed by atoms with Crippen LogP contribution >= 0.6 is 0 Å². The third-order valence-electron chi connectivity index (χ3n) is 5.66. The summed E-state index contributed by atoms with van der Waals surface area (Å²) in [5.41, 5.74) is 6.42. The van der Waals surface area contributed by atoms with E-state index in [1.807, 2.05) is 43.3 Å². The zero-order chi connectivity index (χ0) is 22.4. The van der Waals surface area contributed by atoms with E-state index in [2.05, 4.69) is 6.07 Å². The van der Waals surface area contributed by atoms with Crippen LogP contribution in [0.15, 0.2) is 36.4 Å². The zero-order valence-electron chi connectivity index (χ0n) is 18.5. The topological polar surface area (TPSA) is 96.0 Å². The van der Waals surface area contributed by atoms with E-state index in [1.54, 1.807) is 21.3 Å². The number of nitrogens with two attached hydrogens (primary N) is 1. The van der Waals surface area contributed by atoms with E-state index in [-0.39, 0.29) is 12.3 Å². The Hall–Kier alpha value is -3.11. The molecule has 2 aromatic rings. The van der Waals surface area contributed by atoms with Crippen LogP contribution < -0.4 is 29.4 Å². The van der Waals surface area contributed by atoms with E-state index < -0.39 is 5.41 Å². The lowest BCUT2D eigenvalue weighted by Gasteiger charge is -2.25. The predicted molar refractivity (Wildman–Crippen MR) is 117 cm³/mol. The quantitative estimate of drug-likeness (QED) is 0.609.